The summed E-state index contributed by atoms with van der Waals surface area (Å²) in [5.41, 5.74) is 2.93. The average Bonchev–Trinajstić information content (AvgIpc) is 2.39. The molecule has 2 rings (SSSR count). The van der Waals surface area contributed by atoms with Crippen LogP contribution in [-0.4, -0.2) is 12.8 Å². The Morgan fingerprint density at radius 1 is 1.16 bits per heavy atom. The summed E-state index contributed by atoms with van der Waals surface area (Å²) in [6, 6.07) is 16.0. The zero-order valence-corrected chi connectivity index (χ0v) is 12.6. The van der Waals surface area contributed by atoms with Crippen molar-refractivity contribution in [3.8, 4) is 0 Å². The number of benzene rings is 2. The van der Waals surface area contributed by atoms with Gasteiger partial charge in [-0.2, -0.15) is 0 Å². The molecule has 0 aromatic heterocycles. The van der Waals surface area contributed by atoms with Crippen molar-refractivity contribution in [2.45, 2.75) is 13.5 Å². The highest BCUT2D eigenvalue weighted by Crippen LogP contribution is 2.25. The van der Waals surface area contributed by atoms with Gasteiger partial charge in [-0.05, 0) is 30.7 Å². The van der Waals surface area contributed by atoms with Crippen LogP contribution in [0.4, 0.5) is 5.69 Å². The van der Waals surface area contributed by atoms with Gasteiger partial charge in [-0.15, -0.1) is 0 Å². The largest absolute Gasteiger partial charge is 0.370 e. The zero-order chi connectivity index (χ0) is 13.8. The summed E-state index contributed by atoms with van der Waals surface area (Å²) in [5, 5.41) is 0. The molecule has 0 radical (unpaired) electrons. The molecule has 0 aliphatic heterocycles. The lowest BCUT2D eigenvalue weighted by molar-refractivity contribution is 0.101. The van der Waals surface area contributed by atoms with Crippen molar-refractivity contribution in [1.82, 2.24) is 0 Å². The van der Waals surface area contributed by atoms with Crippen molar-refractivity contribution in [3.63, 3.8) is 0 Å². The third-order valence-electron chi connectivity index (χ3n) is 3.01. The molecule has 0 N–H and O–H groups in total. The van der Waals surface area contributed by atoms with Gasteiger partial charge < -0.3 is 4.90 Å². The molecule has 0 spiro atoms. The Balaban J connectivity index is 2.28. The number of anilines is 1. The monoisotopic (exact) mass is 317 g/mol. The minimum Gasteiger partial charge on any atom is -0.370 e. The van der Waals surface area contributed by atoms with E-state index in [4.69, 9.17) is 0 Å². The summed E-state index contributed by atoms with van der Waals surface area (Å²) in [5.74, 6) is 0.0798. The minimum absolute atomic E-state index is 0.0798. The number of halogens is 1. The molecule has 3 heteroatoms. The van der Waals surface area contributed by atoms with Crippen molar-refractivity contribution in [3.05, 3.63) is 64.1 Å². The summed E-state index contributed by atoms with van der Waals surface area (Å²) >= 11 is 3.41. The number of ketones is 1. The van der Waals surface area contributed by atoms with Crippen LogP contribution in [0, 0.1) is 0 Å². The summed E-state index contributed by atoms with van der Waals surface area (Å²) in [4.78, 5) is 13.8. The Kier molecular flexibility index (Phi) is 4.38. The molecule has 0 aliphatic rings. The molecule has 0 atom stereocenters. The molecule has 98 valence electrons. The van der Waals surface area contributed by atoms with Gasteiger partial charge in [0.2, 0.25) is 0 Å². The molecule has 2 aromatic rings. The van der Waals surface area contributed by atoms with E-state index in [1.165, 1.54) is 5.56 Å². The molecule has 2 nitrogen and oxygen atoms in total. The predicted molar refractivity (Wildman–Crippen MR) is 82.7 cm³/mol. The standard InChI is InChI=1S/C16H16BrNO/c1-12(19)15-10-14(17)8-9-16(15)18(2)11-13-6-4-3-5-7-13/h3-10H,11H2,1-2H3. The van der Waals surface area contributed by atoms with E-state index >= 15 is 0 Å². The Morgan fingerprint density at radius 2 is 1.84 bits per heavy atom. The van der Waals surface area contributed by atoms with Gasteiger partial charge in [-0.25, -0.2) is 0 Å². The average molecular weight is 318 g/mol. The Morgan fingerprint density at radius 3 is 2.47 bits per heavy atom. The quantitative estimate of drug-likeness (QED) is 0.784. The van der Waals surface area contributed by atoms with Crippen LogP contribution in [-0.2, 0) is 6.54 Å². The Labute approximate surface area is 122 Å². The molecule has 0 bridgehead atoms. The van der Waals surface area contributed by atoms with Crippen LogP contribution in [0.3, 0.4) is 0 Å². The number of hydrogen-bond donors (Lipinski definition) is 0. The maximum Gasteiger partial charge on any atom is 0.161 e. The number of hydrogen-bond acceptors (Lipinski definition) is 2. The summed E-state index contributed by atoms with van der Waals surface area (Å²) in [6.07, 6.45) is 0. The third kappa shape index (κ3) is 3.44. The molecule has 0 unspecified atom stereocenters. The molecule has 0 heterocycles. The van der Waals surface area contributed by atoms with Gasteiger partial charge in [-0.3, -0.25) is 4.79 Å². The summed E-state index contributed by atoms with van der Waals surface area (Å²) < 4.78 is 0.926. The van der Waals surface area contributed by atoms with E-state index in [0.717, 1.165) is 22.3 Å². The third-order valence-corrected chi connectivity index (χ3v) is 3.50. The van der Waals surface area contributed by atoms with Crippen molar-refractivity contribution in [2.75, 3.05) is 11.9 Å². The van der Waals surface area contributed by atoms with E-state index in [2.05, 4.69) is 33.0 Å². The van der Waals surface area contributed by atoms with E-state index in [0.29, 0.717) is 0 Å². The van der Waals surface area contributed by atoms with Crippen LogP contribution in [0.5, 0.6) is 0 Å². The normalized spacial score (nSPS) is 10.3. The first-order valence-electron chi connectivity index (χ1n) is 6.13. The predicted octanol–water partition coefficient (Wildman–Crippen LogP) is 4.29. The van der Waals surface area contributed by atoms with Gasteiger partial charge in [-0.1, -0.05) is 46.3 Å². The van der Waals surface area contributed by atoms with Gasteiger partial charge in [0.05, 0.1) is 0 Å². The highest BCUT2D eigenvalue weighted by molar-refractivity contribution is 9.10. The van der Waals surface area contributed by atoms with Crippen LogP contribution >= 0.6 is 15.9 Å². The SMILES string of the molecule is CC(=O)c1cc(Br)ccc1N(C)Cc1ccccc1. The van der Waals surface area contributed by atoms with Crippen molar-refractivity contribution in [2.24, 2.45) is 0 Å². The fraction of sp³-hybridized carbons (Fsp3) is 0.188. The fourth-order valence-electron chi connectivity index (χ4n) is 2.07. The smallest absolute Gasteiger partial charge is 0.161 e. The first-order chi connectivity index (χ1) is 9.08. The molecular formula is C16H16BrNO. The van der Waals surface area contributed by atoms with E-state index in [1.54, 1.807) is 6.92 Å². The van der Waals surface area contributed by atoms with Crippen molar-refractivity contribution < 1.29 is 4.79 Å². The fourth-order valence-corrected chi connectivity index (χ4v) is 2.43. The molecule has 0 fully saturated rings. The van der Waals surface area contributed by atoms with E-state index in [-0.39, 0.29) is 5.78 Å². The second-order valence-electron chi connectivity index (χ2n) is 4.56. The zero-order valence-electron chi connectivity index (χ0n) is 11.1. The van der Waals surface area contributed by atoms with Gasteiger partial charge in [0.15, 0.2) is 5.78 Å². The van der Waals surface area contributed by atoms with Crippen LogP contribution in [0.25, 0.3) is 0 Å². The maximum absolute atomic E-state index is 11.7. The van der Waals surface area contributed by atoms with Crippen molar-refractivity contribution in [1.29, 1.82) is 0 Å². The van der Waals surface area contributed by atoms with Crippen LogP contribution in [0.1, 0.15) is 22.8 Å². The molecular weight excluding hydrogens is 302 g/mol. The topological polar surface area (TPSA) is 20.3 Å². The van der Waals surface area contributed by atoms with Crippen molar-refractivity contribution >= 4 is 27.4 Å². The minimum atomic E-state index is 0.0798. The summed E-state index contributed by atoms with van der Waals surface area (Å²) in [6.45, 7) is 2.38. The van der Waals surface area contributed by atoms with Crippen LogP contribution in [0.2, 0.25) is 0 Å². The lowest BCUT2D eigenvalue weighted by atomic mass is 10.1. The second kappa shape index (κ2) is 6.02. The maximum atomic E-state index is 11.7. The number of nitrogens with zero attached hydrogens (tertiary/aromatic N) is 1. The van der Waals surface area contributed by atoms with E-state index < -0.39 is 0 Å². The van der Waals surface area contributed by atoms with Crippen LogP contribution in [0.15, 0.2) is 53.0 Å². The van der Waals surface area contributed by atoms with E-state index in [9.17, 15) is 4.79 Å². The second-order valence-corrected chi connectivity index (χ2v) is 5.47. The number of carbonyl (C=O) groups is 1. The highest BCUT2D eigenvalue weighted by atomic mass is 79.9. The Bertz CT molecular complexity index is 581. The van der Waals surface area contributed by atoms with Gasteiger partial charge in [0.25, 0.3) is 0 Å². The number of Topliss-reactive ketones (excluding diaryl/α,β-unsaturated/α-hetero) is 1. The lowest BCUT2D eigenvalue weighted by Crippen LogP contribution is -2.18. The molecule has 19 heavy (non-hydrogen) atoms. The Hall–Kier alpha value is -1.61. The van der Waals surface area contributed by atoms with Gasteiger partial charge in [0.1, 0.15) is 0 Å². The van der Waals surface area contributed by atoms with Crippen LogP contribution < -0.4 is 4.90 Å². The van der Waals surface area contributed by atoms with Gasteiger partial charge >= 0.3 is 0 Å². The summed E-state index contributed by atoms with van der Waals surface area (Å²) in [7, 11) is 2.00. The first kappa shape index (κ1) is 13.8. The first-order valence-corrected chi connectivity index (χ1v) is 6.93. The van der Waals surface area contributed by atoms with Gasteiger partial charge in [0, 0.05) is 29.3 Å². The molecule has 2 aromatic carbocycles. The number of rotatable bonds is 4. The van der Waals surface area contributed by atoms with E-state index in [1.807, 2.05) is 43.4 Å². The lowest BCUT2D eigenvalue weighted by Gasteiger charge is -2.22. The molecule has 0 aliphatic carbocycles. The number of carbonyl (C=O) groups excluding carboxylic acids is 1. The molecule has 0 saturated heterocycles. The molecule has 0 amide bonds. The highest BCUT2D eigenvalue weighted by Gasteiger charge is 2.11. The molecule has 0 saturated carbocycles.